The lowest BCUT2D eigenvalue weighted by Gasteiger charge is -2.36. The number of anilines is 2. The van der Waals surface area contributed by atoms with Crippen LogP contribution >= 0.6 is 0 Å². The van der Waals surface area contributed by atoms with E-state index in [1.807, 2.05) is 23.1 Å². The van der Waals surface area contributed by atoms with E-state index >= 15 is 0 Å². The Kier molecular flexibility index (Phi) is 5.73. The number of para-hydroxylation sites is 1. The zero-order chi connectivity index (χ0) is 18.4. The summed E-state index contributed by atoms with van der Waals surface area (Å²) >= 11 is 0. The summed E-state index contributed by atoms with van der Waals surface area (Å²) < 4.78 is 5.57. The minimum absolute atomic E-state index is 0.0105. The molecule has 3 rings (SSSR count). The normalized spacial score (nSPS) is 14.0. The van der Waals surface area contributed by atoms with E-state index in [0.29, 0.717) is 24.5 Å². The van der Waals surface area contributed by atoms with Crippen molar-refractivity contribution in [3.05, 3.63) is 54.6 Å². The number of hydrogen-bond acceptors (Lipinski definition) is 4. The number of nitrogens with one attached hydrogen (secondary N) is 1. The average Bonchev–Trinajstić information content (AvgIpc) is 2.67. The van der Waals surface area contributed by atoms with Gasteiger partial charge in [0, 0.05) is 44.5 Å². The maximum atomic E-state index is 12.4. The van der Waals surface area contributed by atoms with Gasteiger partial charge in [-0.2, -0.15) is 0 Å². The van der Waals surface area contributed by atoms with Gasteiger partial charge in [-0.3, -0.25) is 9.59 Å². The summed E-state index contributed by atoms with van der Waals surface area (Å²) in [7, 11) is 0. The van der Waals surface area contributed by atoms with Crippen LogP contribution in [0.4, 0.5) is 11.4 Å². The van der Waals surface area contributed by atoms with E-state index in [1.165, 1.54) is 12.6 Å². The molecule has 6 heteroatoms. The SMILES string of the molecule is CC(=O)Nc1ccc(OCC(=O)N2CCN(c3ccccc3)CC2)cc1. The minimum Gasteiger partial charge on any atom is -0.484 e. The number of hydrogen-bond donors (Lipinski definition) is 1. The van der Waals surface area contributed by atoms with Crippen LogP contribution in [-0.2, 0) is 9.59 Å². The van der Waals surface area contributed by atoms with Gasteiger partial charge in [-0.15, -0.1) is 0 Å². The van der Waals surface area contributed by atoms with Crippen LogP contribution < -0.4 is 15.0 Å². The van der Waals surface area contributed by atoms with E-state index in [2.05, 4.69) is 22.3 Å². The summed E-state index contributed by atoms with van der Waals surface area (Å²) in [5, 5.41) is 2.69. The Labute approximate surface area is 153 Å². The highest BCUT2D eigenvalue weighted by Gasteiger charge is 2.21. The molecule has 2 aromatic rings. The van der Waals surface area contributed by atoms with Gasteiger partial charge in [-0.05, 0) is 36.4 Å². The number of carbonyl (C=O) groups is 2. The highest BCUT2D eigenvalue weighted by atomic mass is 16.5. The van der Waals surface area contributed by atoms with Gasteiger partial charge in [0.15, 0.2) is 6.61 Å². The first-order valence-corrected chi connectivity index (χ1v) is 8.70. The third-order valence-electron chi connectivity index (χ3n) is 4.29. The van der Waals surface area contributed by atoms with Crippen molar-refractivity contribution in [3.8, 4) is 5.75 Å². The molecule has 136 valence electrons. The Hall–Kier alpha value is -3.02. The summed E-state index contributed by atoms with van der Waals surface area (Å²) in [5.41, 5.74) is 1.89. The fourth-order valence-corrected chi connectivity index (χ4v) is 2.93. The molecule has 0 spiro atoms. The van der Waals surface area contributed by atoms with Gasteiger partial charge in [0.2, 0.25) is 5.91 Å². The molecule has 1 saturated heterocycles. The molecular weight excluding hydrogens is 330 g/mol. The zero-order valence-electron chi connectivity index (χ0n) is 14.9. The summed E-state index contributed by atoms with van der Waals surface area (Å²) in [4.78, 5) is 27.5. The largest absolute Gasteiger partial charge is 0.484 e. The van der Waals surface area contributed by atoms with Gasteiger partial charge in [-0.25, -0.2) is 0 Å². The smallest absolute Gasteiger partial charge is 0.260 e. The van der Waals surface area contributed by atoms with E-state index < -0.39 is 0 Å². The molecule has 26 heavy (non-hydrogen) atoms. The van der Waals surface area contributed by atoms with Crippen molar-refractivity contribution in [2.24, 2.45) is 0 Å². The molecule has 1 N–H and O–H groups in total. The Morgan fingerprint density at radius 2 is 1.62 bits per heavy atom. The number of rotatable bonds is 5. The van der Waals surface area contributed by atoms with E-state index in [1.54, 1.807) is 24.3 Å². The second kappa shape index (κ2) is 8.38. The molecule has 2 aromatic carbocycles. The summed E-state index contributed by atoms with van der Waals surface area (Å²) in [6.07, 6.45) is 0. The van der Waals surface area contributed by atoms with Gasteiger partial charge in [0.1, 0.15) is 5.75 Å². The Balaban J connectivity index is 1.45. The molecule has 0 aromatic heterocycles. The molecule has 6 nitrogen and oxygen atoms in total. The minimum atomic E-state index is -0.122. The third-order valence-corrected chi connectivity index (χ3v) is 4.29. The number of amides is 2. The molecule has 1 fully saturated rings. The van der Waals surface area contributed by atoms with Crippen LogP contribution in [0.1, 0.15) is 6.92 Å². The van der Waals surface area contributed by atoms with E-state index in [-0.39, 0.29) is 18.4 Å². The van der Waals surface area contributed by atoms with Crippen LogP contribution in [0.5, 0.6) is 5.75 Å². The maximum Gasteiger partial charge on any atom is 0.260 e. The second-order valence-corrected chi connectivity index (χ2v) is 6.20. The molecular formula is C20H23N3O3. The lowest BCUT2D eigenvalue weighted by atomic mass is 10.2. The number of nitrogens with zero attached hydrogens (tertiary/aromatic N) is 2. The standard InChI is InChI=1S/C20H23N3O3/c1-16(24)21-17-7-9-19(10-8-17)26-15-20(25)23-13-11-22(12-14-23)18-5-3-2-4-6-18/h2-10H,11-15H2,1H3,(H,21,24). The maximum absolute atomic E-state index is 12.4. The van der Waals surface area contributed by atoms with Crippen molar-refractivity contribution < 1.29 is 14.3 Å². The average molecular weight is 353 g/mol. The van der Waals surface area contributed by atoms with Crippen molar-refractivity contribution in [2.45, 2.75) is 6.92 Å². The van der Waals surface area contributed by atoms with Crippen molar-refractivity contribution in [1.29, 1.82) is 0 Å². The topological polar surface area (TPSA) is 61.9 Å². The first kappa shape index (κ1) is 17.8. The molecule has 0 bridgehead atoms. The van der Waals surface area contributed by atoms with Crippen molar-refractivity contribution >= 4 is 23.2 Å². The highest BCUT2D eigenvalue weighted by Crippen LogP contribution is 2.17. The van der Waals surface area contributed by atoms with Crippen LogP contribution in [0.25, 0.3) is 0 Å². The lowest BCUT2D eigenvalue weighted by Crippen LogP contribution is -2.50. The zero-order valence-corrected chi connectivity index (χ0v) is 14.9. The first-order chi connectivity index (χ1) is 12.6. The first-order valence-electron chi connectivity index (χ1n) is 8.70. The van der Waals surface area contributed by atoms with Crippen LogP contribution in [0.2, 0.25) is 0 Å². The summed E-state index contributed by atoms with van der Waals surface area (Å²) in [5.74, 6) is 0.475. The lowest BCUT2D eigenvalue weighted by molar-refractivity contribution is -0.133. The molecule has 0 saturated carbocycles. The number of piperazine rings is 1. The van der Waals surface area contributed by atoms with Gasteiger partial charge < -0.3 is 19.9 Å². The van der Waals surface area contributed by atoms with Crippen molar-refractivity contribution in [1.82, 2.24) is 4.90 Å². The van der Waals surface area contributed by atoms with Crippen LogP contribution in [0.15, 0.2) is 54.6 Å². The Morgan fingerprint density at radius 3 is 2.23 bits per heavy atom. The summed E-state index contributed by atoms with van der Waals surface area (Å²) in [6, 6.07) is 17.2. The van der Waals surface area contributed by atoms with Crippen LogP contribution in [-0.4, -0.2) is 49.5 Å². The molecule has 0 unspecified atom stereocenters. The Morgan fingerprint density at radius 1 is 0.962 bits per heavy atom. The fraction of sp³-hybridized carbons (Fsp3) is 0.300. The quantitative estimate of drug-likeness (QED) is 0.896. The summed E-state index contributed by atoms with van der Waals surface area (Å²) in [6.45, 7) is 4.50. The van der Waals surface area contributed by atoms with Gasteiger partial charge in [0.25, 0.3) is 5.91 Å². The van der Waals surface area contributed by atoms with Crippen LogP contribution in [0.3, 0.4) is 0 Å². The second-order valence-electron chi connectivity index (χ2n) is 6.20. The van der Waals surface area contributed by atoms with Crippen molar-refractivity contribution in [3.63, 3.8) is 0 Å². The van der Waals surface area contributed by atoms with E-state index in [0.717, 1.165) is 13.1 Å². The predicted octanol–water partition coefficient (Wildman–Crippen LogP) is 2.37. The predicted molar refractivity (Wildman–Crippen MR) is 101 cm³/mol. The van der Waals surface area contributed by atoms with E-state index in [9.17, 15) is 9.59 Å². The van der Waals surface area contributed by atoms with Gasteiger partial charge >= 0.3 is 0 Å². The number of carbonyl (C=O) groups excluding carboxylic acids is 2. The molecule has 1 heterocycles. The van der Waals surface area contributed by atoms with E-state index in [4.69, 9.17) is 4.74 Å². The molecule has 0 radical (unpaired) electrons. The van der Waals surface area contributed by atoms with Crippen molar-refractivity contribution in [2.75, 3.05) is 43.0 Å². The van der Waals surface area contributed by atoms with Crippen LogP contribution in [0, 0.1) is 0 Å². The molecule has 0 atom stereocenters. The van der Waals surface area contributed by atoms with Gasteiger partial charge in [-0.1, -0.05) is 18.2 Å². The Bertz CT molecular complexity index is 739. The molecule has 2 amide bonds. The van der Waals surface area contributed by atoms with Gasteiger partial charge in [0.05, 0.1) is 0 Å². The monoisotopic (exact) mass is 353 g/mol. The molecule has 1 aliphatic heterocycles. The molecule has 0 aliphatic carbocycles. The fourth-order valence-electron chi connectivity index (χ4n) is 2.93. The number of ether oxygens (including phenoxy) is 1. The number of benzene rings is 2. The third kappa shape index (κ3) is 4.75. The molecule has 1 aliphatic rings. The highest BCUT2D eigenvalue weighted by molar-refractivity contribution is 5.88.